The molecule has 114 valence electrons. The standard InChI is InChI=1S/C10H12FN5O5/c11-10-13-7(15-20)4-8(14-10)16(2-12-4)9-6(19)5(18)3(1-17)21-9/h2-3,5-6,9,17-20H,1H2,(H,13,14,15)/t3-,5?,6?,9-/m1/s1. The number of anilines is 1. The number of nitrogens with zero attached hydrogens (tertiary/aromatic N) is 4. The van der Waals surface area contributed by atoms with Crippen LogP contribution in [0.5, 0.6) is 0 Å². The van der Waals surface area contributed by atoms with E-state index in [1.165, 1.54) is 10.9 Å². The molecule has 0 aliphatic carbocycles. The zero-order valence-corrected chi connectivity index (χ0v) is 10.5. The van der Waals surface area contributed by atoms with E-state index in [0.717, 1.165) is 0 Å². The molecule has 0 radical (unpaired) electrons. The second kappa shape index (κ2) is 5.13. The Labute approximate surface area is 116 Å². The summed E-state index contributed by atoms with van der Waals surface area (Å²) >= 11 is 0. The van der Waals surface area contributed by atoms with Gasteiger partial charge in [0.05, 0.1) is 12.9 Å². The van der Waals surface area contributed by atoms with Gasteiger partial charge < -0.3 is 20.1 Å². The van der Waals surface area contributed by atoms with Crippen molar-refractivity contribution in [3.8, 4) is 0 Å². The Morgan fingerprint density at radius 2 is 2.10 bits per heavy atom. The van der Waals surface area contributed by atoms with Crippen LogP contribution in [0.4, 0.5) is 10.2 Å². The van der Waals surface area contributed by atoms with Crippen molar-refractivity contribution in [3.05, 3.63) is 12.4 Å². The minimum atomic E-state index is -1.36. The van der Waals surface area contributed by atoms with Crippen molar-refractivity contribution in [1.82, 2.24) is 19.5 Å². The number of rotatable bonds is 3. The fourth-order valence-corrected chi connectivity index (χ4v) is 2.26. The lowest BCUT2D eigenvalue weighted by molar-refractivity contribution is -0.0511. The van der Waals surface area contributed by atoms with Crippen LogP contribution in [0.15, 0.2) is 6.33 Å². The third kappa shape index (κ3) is 2.11. The molecule has 11 heteroatoms. The normalized spacial score (nSPS) is 29.2. The van der Waals surface area contributed by atoms with E-state index in [1.54, 1.807) is 5.48 Å². The zero-order valence-electron chi connectivity index (χ0n) is 10.5. The van der Waals surface area contributed by atoms with E-state index < -0.39 is 37.2 Å². The average Bonchev–Trinajstić information content (AvgIpc) is 3.01. The van der Waals surface area contributed by atoms with Crippen LogP contribution in [-0.2, 0) is 4.74 Å². The van der Waals surface area contributed by atoms with Gasteiger partial charge in [-0.3, -0.25) is 15.3 Å². The van der Waals surface area contributed by atoms with Crippen LogP contribution >= 0.6 is 0 Å². The minimum Gasteiger partial charge on any atom is -0.394 e. The molecule has 1 aliphatic heterocycles. The van der Waals surface area contributed by atoms with Gasteiger partial charge in [-0.25, -0.2) is 4.98 Å². The van der Waals surface area contributed by atoms with E-state index in [2.05, 4.69) is 15.0 Å². The molecule has 0 spiro atoms. The Morgan fingerprint density at radius 3 is 2.71 bits per heavy atom. The second-order valence-electron chi connectivity index (χ2n) is 4.51. The summed E-state index contributed by atoms with van der Waals surface area (Å²) in [5.74, 6) is -0.247. The molecule has 1 fully saturated rings. The highest BCUT2D eigenvalue weighted by Gasteiger charge is 2.44. The lowest BCUT2D eigenvalue weighted by Crippen LogP contribution is -2.33. The number of aromatic nitrogens is 4. The van der Waals surface area contributed by atoms with Crippen molar-refractivity contribution in [2.75, 3.05) is 12.1 Å². The van der Waals surface area contributed by atoms with Gasteiger partial charge in [-0.2, -0.15) is 14.4 Å². The number of aliphatic hydroxyl groups excluding tert-OH is 3. The van der Waals surface area contributed by atoms with Crippen molar-refractivity contribution in [3.63, 3.8) is 0 Å². The number of fused-ring (bicyclic) bond motifs is 1. The van der Waals surface area contributed by atoms with Crippen LogP contribution in [0.2, 0.25) is 0 Å². The molecular formula is C10H12FN5O5. The minimum absolute atomic E-state index is 0.0473. The smallest absolute Gasteiger partial charge is 0.312 e. The zero-order chi connectivity index (χ0) is 15.1. The van der Waals surface area contributed by atoms with Crippen molar-refractivity contribution in [2.24, 2.45) is 0 Å². The van der Waals surface area contributed by atoms with Crippen LogP contribution < -0.4 is 5.48 Å². The summed E-state index contributed by atoms with van der Waals surface area (Å²) in [5.41, 5.74) is 1.70. The molecule has 10 nitrogen and oxygen atoms in total. The molecule has 0 saturated carbocycles. The van der Waals surface area contributed by atoms with E-state index in [4.69, 9.17) is 15.1 Å². The molecule has 3 heterocycles. The van der Waals surface area contributed by atoms with Gasteiger partial charge in [-0.1, -0.05) is 0 Å². The molecule has 1 saturated heterocycles. The van der Waals surface area contributed by atoms with Crippen molar-refractivity contribution in [2.45, 2.75) is 24.5 Å². The highest BCUT2D eigenvalue weighted by atomic mass is 19.1. The Hall–Kier alpha value is -1.92. The third-order valence-corrected chi connectivity index (χ3v) is 3.29. The lowest BCUT2D eigenvalue weighted by Gasteiger charge is -2.16. The van der Waals surface area contributed by atoms with E-state index in [9.17, 15) is 14.6 Å². The summed E-state index contributed by atoms with van der Waals surface area (Å²) in [6.07, 6.45) is -4.68. The number of aliphatic hydroxyl groups is 3. The van der Waals surface area contributed by atoms with E-state index in [-0.39, 0.29) is 17.0 Å². The summed E-state index contributed by atoms with van der Waals surface area (Å²) in [6.45, 7) is -0.492. The van der Waals surface area contributed by atoms with Crippen molar-refractivity contribution in [1.29, 1.82) is 0 Å². The van der Waals surface area contributed by atoms with Gasteiger partial charge in [0.1, 0.15) is 18.3 Å². The first-order chi connectivity index (χ1) is 10.1. The second-order valence-corrected chi connectivity index (χ2v) is 4.51. The molecular weight excluding hydrogens is 289 g/mol. The number of ether oxygens (including phenoxy) is 1. The summed E-state index contributed by atoms with van der Waals surface area (Å²) in [7, 11) is 0. The van der Waals surface area contributed by atoms with E-state index >= 15 is 0 Å². The van der Waals surface area contributed by atoms with E-state index in [0.29, 0.717) is 0 Å². The Kier molecular flexibility index (Phi) is 3.43. The first-order valence-electron chi connectivity index (χ1n) is 5.99. The quantitative estimate of drug-likeness (QED) is 0.333. The van der Waals surface area contributed by atoms with Gasteiger partial charge in [-0.05, 0) is 0 Å². The summed E-state index contributed by atoms with van der Waals surface area (Å²) < 4.78 is 19.8. The fourth-order valence-electron chi connectivity index (χ4n) is 2.26. The average molecular weight is 301 g/mol. The lowest BCUT2D eigenvalue weighted by atomic mass is 10.1. The van der Waals surface area contributed by atoms with Gasteiger partial charge in [-0.15, -0.1) is 0 Å². The van der Waals surface area contributed by atoms with Crippen LogP contribution in [0, 0.1) is 6.08 Å². The molecule has 2 unspecified atom stereocenters. The van der Waals surface area contributed by atoms with Gasteiger partial charge in [0.25, 0.3) is 0 Å². The van der Waals surface area contributed by atoms with Crippen molar-refractivity contribution < 1.29 is 29.7 Å². The predicted molar refractivity (Wildman–Crippen MR) is 63.7 cm³/mol. The number of nitrogens with one attached hydrogen (secondary N) is 1. The van der Waals surface area contributed by atoms with Gasteiger partial charge >= 0.3 is 6.08 Å². The summed E-state index contributed by atoms with van der Waals surface area (Å²) in [5, 5.41) is 37.6. The Morgan fingerprint density at radius 1 is 1.33 bits per heavy atom. The number of hydrogen-bond donors (Lipinski definition) is 5. The molecule has 0 bridgehead atoms. The highest BCUT2D eigenvalue weighted by molar-refractivity contribution is 5.82. The molecule has 21 heavy (non-hydrogen) atoms. The monoisotopic (exact) mass is 301 g/mol. The number of halogens is 1. The molecule has 0 amide bonds. The summed E-state index contributed by atoms with van der Waals surface area (Å²) in [6, 6.07) is 0. The SMILES string of the molecule is OC[C@H]1O[C@@H](n2cnc3c(NO)nc(F)nc32)C(O)C1O. The highest BCUT2D eigenvalue weighted by Crippen LogP contribution is 2.32. The van der Waals surface area contributed by atoms with Crippen LogP contribution in [-0.4, -0.2) is 65.0 Å². The van der Waals surface area contributed by atoms with Gasteiger partial charge in [0.2, 0.25) is 0 Å². The molecule has 2 aromatic rings. The maximum absolute atomic E-state index is 13.3. The molecule has 5 N–H and O–H groups in total. The molecule has 2 aromatic heterocycles. The molecule has 0 aromatic carbocycles. The van der Waals surface area contributed by atoms with Gasteiger partial charge in [0.15, 0.2) is 23.2 Å². The number of imidazole rings is 1. The van der Waals surface area contributed by atoms with Crippen molar-refractivity contribution >= 4 is 17.0 Å². The number of hydrogen-bond acceptors (Lipinski definition) is 9. The largest absolute Gasteiger partial charge is 0.394 e. The topological polar surface area (TPSA) is 146 Å². The molecule has 3 rings (SSSR count). The fraction of sp³-hybridized carbons (Fsp3) is 0.500. The first kappa shape index (κ1) is 14.0. The molecule has 4 atom stereocenters. The van der Waals surface area contributed by atoms with Gasteiger partial charge in [0, 0.05) is 0 Å². The predicted octanol–water partition coefficient (Wildman–Crippen LogP) is -1.62. The summed E-state index contributed by atoms with van der Waals surface area (Å²) in [4.78, 5) is 10.8. The van der Waals surface area contributed by atoms with E-state index in [1.807, 2.05) is 0 Å². The molecule has 1 aliphatic rings. The van der Waals surface area contributed by atoms with Crippen LogP contribution in [0.25, 0.3) is 11.2 Å². The van der Waals surface area contributed by atoms with Crippen LogP contribution in [0.3, 0.4) is 0 Å². The maximum Gasteiger partial charge on any atom is 0.312 e. The Bertz CT molecular complexity index is 667. The third-order valence-electron chi connectivity index (χ3n) is 3.29. The Balaban J connectivity index is 2.07. The first-order valence-corrected chi connectivity index (χ1v) is 5.99. The maximum atomic E-state index is 13.3. The van der Waals surface area contributed by atoms with Crippen LogP contribution in [0.1, 0.15) is 6.23 Å².